The molecule has 132 valence electrons. The molecule has 2 aromatic rings. The topological polar surface area (TPSA) is 93.5 Å². The number of rotatable bonds is 3. The molecule has 25 heavy (non-hydrogen) atoms. The van der Waals surface area contributed by atoms with Crippen LogP contribution in [0.2, 0.25) is 0 Å². The van der Waals surface area contributed by atoms with Crippen molar-refractivity contribution in [2.24, 2.45) is 0 Å². The van der Waals surface area contributed by atoms with E-state index in [1.54, 1.807) is 27.8 Å². The Hall–Kier alpha value is -2.90. The minimum Gasteiger partial charge on any atom is -0.446 e. The lowest BCUT2D eigenvalue weighted by atomic mass is 10.1. The number of benzene rings is 1. The van der Waals surface area contributed by atoms with Crippen molar-refractivity contribution in [2.45, 2.75) is 25.5 Å². The van der Waals surface area contributed by atoms with Crippen LogP contribution in [0.4, 0.5) is 4.79 Å². The third kappa shape index (κ3) is 3.78. The number of fused-ring (bicyclic) bond motifs is 1. The number of aromatic nitrogens is 2. The minimum absolute atomic E-state index is 0.0697. The molecule has 2 heterocycles. The number of hydrogen-bond donors (Lipinski definition) is 1. The summed E-state index contributed by atoms with van der Waals surface area (Å²) in [6, 6.07) is 7.10. The second kappa shape index (κ2) is 7.33. The van der Waals surface area contributed by atoms with Crippen molar-refractivity contribution in [1.29, 1.82) is 0 Å². The zero-order valence-corrected chi connectivity index (χ0v) is 14.0. The Bertz CT molecular complexity index is 840. The first kappa shape index (κ1) is 16.9. The van der Waals surface area contributed by atoms with Gasteiger partial charge in [0, 0.05) is 38.4 Å². The van der Waals surface area contributed by atoms with Gasteiger partial charge in [0.05, 0.1) is 11.7 Å². The summed E-state index contributed by atoms with van der Waals surface area (Å²) in [5, 5.41) is 7.05. The van der Waals surface area contributed by atoms with E-state index in [9.17, 15) is 14.4 Å². The summed E-state index contributed by atoms with van der Waals surface area (Å²) in [6.45, 7) is 1.12. The van der Waals surface area contributed by atoms with Crippen LogP contribution in [0.5, 0.6) is 0 Å². The second-order valence-corrected chi connectivity index (χ2v) is 5.92. The Balaban J connectivity index is 1.65. The number of carbonyl (C=O) groups excluding carboxylic acids is 2. The fourth-order valence-corrected chi connectivity index (χ4v) is 2.95. The summed E-state index contributed by atoms with van der Waals surface area (Å²) in [7, 11) is 1.52. The van der Waals surface area contributed by atoms with Crippen molar-refractivity contribution in [3.63, 3.8) is 0 Å². The smallest absolute Gasteiger partial charge is 0.407 e. The summed E-state index contributed by atoms with van der Waals surface area (Å²) in [5.74, 6) is -0.0697. The Morgan fingerprint density at radius 2 is 2.00 bits per heavy atom. The van der Waals surface area contributed by atoms with E-state index in [2.05, 4.69) is 10.4 Å². The van der Waals surface area contributed by atoms with Crippen LogP contribution in [0.1, 0.15) is 12.8 Å². The van der Waals surface area contributed by atoms with Gasteiger partial charge in [-0.3, -0.25) is 14.3 Å². The molecule has 2 amide bonds. The lowest BCUT2D eigenvalue weighted by Crippen LogP contribution is -2.43. The van der Waals surface area contributed by atoms with E-state index in [0.717, 1.165) is 0 Å². The highest BCUT2D eigenvalue weighted by Crippen LogP contribution is 2.15. The summed E-state index contributed by atoms with van der Waals surface area (Å²) in [5.41, 5.74) is 0.479. The monoisotopic (exact) mass is 344 g/mol. The van der Waals surface area contributed by atoms with E-state index in [1.807, 2.05) is 6.07 Å². The lowest BCUT2D eigenvalue weighted by Gasteiger charge is -2.31. The zero-order chi connectivity index (χ0) is 17.8. The number of nitrogens with zero attached hydrogens (tertiary/aromatic N) is 3. The largest absolute Gasteiger partial charge is 0.446 e. The highest BCUT2D eigenvalue weighted by Gasteiger charge is 2.25. The number of piperidine rings is 1. The van der Waals surface area contributed by atoms with E-state index >= 15 is 0 Å². The van der Waals surface area contributed by atoms with Crippen molar-refractivity contribution in [2.75, 3.05) is 20.1 Å². The van der Waals surface area contributed by atoms with Crippen LogP contribution in [0, 0.1) is 0 Å². The SMILES string of the molecule is CNC(=O)OC1CCN(C(=O)Cn2ncc(=O)c3ccccc32)CC1. The molecule has 0 atom stereocenters. The number of para-hydroxylation sites is 1. The highest BCUT2D eigenvalue weighted by molar-refractivity contribution is 5.81. The third-order valence-electron chi connectivity index (χ3n) is 4.32. The van der Waals surface area contributed by atoms with E-state index in [0.29, 0.717) is 36.8 Å². The Labute approximate surface area is 144 Å². The number of nitrogens with one attached hydrogen (secondary N) is 1. The van der Waals surface area contributed by atoms with Gasteiger partial charge in [-0.25, -0.2) is 4.79 Å². The number of amides is 2. The molecule has 0 radical (unpaired) electrons. The minimum atomic E-state index is -0.450. The summed E-state index contributed by atoms with van der Waals surface area (Å²) < 4.78 is 6.77. The first-order chi connectivity index (χ1) is 12.1. The molecular formula is C17H20N4O4. The molecule has 8 nitrogen and oxygen atoms in total. The number of likely N-dealkylation sites (tertiary alicyclic amines) is 1. The lowest BCUT2D eigenvalue weighted by molar-refractivity contribution is -0.133. The average molecular weight is 344 g/mol. The predicted molar refractivity (Wildman–Crippen MR) is 91.1 cm³/mol. The van der Waals surface area contributed by atoms with Crippen molar-refractivity contribution in [3.8, 4) is 0 Å². The van der Waals surface area contributed by atoms with Gasteiger partial charge in [-0.05, 0) is 12.1 Å². The molecule has 1 aliphatic rings. The van der Waals surface area contributed by atoms with Crippen LogP contribution < -0.4 is 10.7 Å². The fraction of sp³-hybridized carbons (Fsp3) is 0.412. The number of hydrogen-bond acceptors (Lipinski definition) is 5. The van der Waals surface area contributed by atoms with Crippen molar-refractivity contribution >= 4 is 22.9 Å². The molecule has 1 aliphatic heterocycles. The van der Waals surface area contributed by atoms with Gasteiger partial charge < -0.3 is 15.0 Å². The van der Waals surface area contributed by atoms with Gasteiger partial charge in [-0.1, -0.05) is 12.1 Å². The van der Waals surface area contributed by atoms with Crippen LogP contribution >= 0.6 is 0 Å². The van der Waals surface area contributed by atoms with Crippen molar-refractivity contribution in [1.82, 2.24) is 20.0 Å². The van der Waals surface area contributed by atoms with Crippen molar-refractivity contribution < 1.29 is 14.3 Å². The standard InChI is InChI=1S/C17H20N4O4/c1-18-17(24)25-12-6-8-20(9-7-12)16(23)11-21-14-5-3-2-4-13(14)15(22)10-19-21/h2-5,10,12H,6-9,11H2,1H3,(H,18,24). The maximum atomic E-state index is 12.5. The first-order valence-corrected chi connectivity index (χ1v) is 8.19. The Morgan fingerprint density at radius 1 is 1.28 bits per heavy atom. The molecule has 0 saturated carbocycles. The molecule has 0 spiro atoms. The van der Waals surface area contributed by atoms with Crippen LogP contribution in [0.3, 0.4) is 0 Å². The Kier molecular flexibility index (Phi) is 4.97. The zero-order valence-electron chi connectivity index (χ0n) is 14.0. The molecule has 1 fully saturated rings. The van der Waals surface area contributed by atoms with Crippen LogP contribution in [0.25, 0.3) is 10.9 Å². The maximum Gasteiger partial charge on any atom is 0.407 e. The van der Waals surface area contributed by atoms with Gasteiger partial charge >= 0.3 is 6.09 Å². The van der Waals surface area contributed by atoms with Crippen LogP contribution in [0.15, 0.2) is 35.3 Å². The van der Waals surface area contributed by atoms with E-state index in [-0.39, 0.29) is 24.0 Å². The molecule has 0 unspecified atom stereocenters. The number of alkyl carbamates (subject to hydrolysis) is 1. The van der Waals surface area contributed by atoms with Gasteiger partial charge in [0.25, 0.3) is 0 Å². The molecule has 1 aromatic carbocycles. The van der Waals surface area contributed by atoms with Gasteiger partial charge in [0.1, 0.15) is 12.6 Å². The third-order valence-corrected chi connectivity index (χ3v) is 4.32. The molecule has 0 bridgehead atoms. The normalized spacial score (nSPS) is 15.2. The first-order valence-electron chi connectivity index (χ1n) is 8.19. The maximum absolute atomic E-state index is 12.5. The molecule has 1 aromatic heterocycles. The molecule has 0 aliphatic carbocycles. The Morgan fingerprint density at radius 3 is 2.72 bits per heavy atom. The summed E-state index contributed by atoms with van der Waals surface area (Å²) >= 11 is 0. The van der Waals surface area contributed by atoms with E-state index in [4.69, 9.17) is 4.74 Å². The van der Waals surface area contributed by atoms with Gasteiger partial charge in [0.15, 0.2) is 0 Å². The summed E-state index contributed by atoms with van der Waals surface area (Å²) in [6.07, 6.45) is 1.83. The molecular weight excluding hydrogens is 324 g/mol. The number of ether oxygens (including phenoxy) is 1. The van der Waals surface area contributed by atoms with Gasteiger partial charge in [-0.15, -0.1) is 0 Å². The summed E-state index contributed by atoms with van der Waals surface area (Å²) in [4.78, 5) is 37.4. The van der Waals surface area contributed by atoms with Crippen LogP contribution in [-0.2, 0) is 16.1 Å². The highest BCUT2D eigenvalue weighted by atomic mass is 16.6. The average Bonchev–Trinajstić information content (AvgIpc) is 2.64. The molecule has 3 rings (SSSR count). The predicted octanol–water partition coefficient (Wildman–Crippen LogP) is 0.744. The van der Waals surface area contributed by atoms with E-state index < -0.39 is 6.09 Å². The number of carbonyl (C=O) groups is 2. The van der Waals surface area contributed by atoms with E-state index in [1.165, 1.54) is 13.2 Å². The van der Waals surface area contributed by atoms with Gasteiger partial charge in [0.2, 0.25) is 11.3 Å². The second-order valence-electron chi connectivity index (χ2n) is 5.92. The van der Waals surface area contributed by atoms with Crippen molar-refractivity contribution in [3.05, 3.63) is 40.7 Å². The quantitative estimate of drug-likeness (QED) is 0.886. The fourth-order valence-electron chi connectivity index (χ4n) is 2.95. The molecule has 8 heteroatoms. The molecule has 1 saturated heterocycles. The van der Waals surface area contributed by atoms with Gasteiger partial charge in [-0.2, -0.15) is 5.10 Å². The molecule has 1 N–H and O–H groups in total. The van der Waals surface area contributed by atoms with Crippen LogP contribution in [-0.4, -0.2) is 52.9 Å².